The van der Waals surface area contributed by atoms with Gasteiger partial charge in [-0.1, -0.05) is 31.2 Å². The fourth-order valence-electron chi connectivity index (χ4n) is 1.90. The number of hydrogen-bond donors (Lipinski definition) is 2. The van der Waals surface area contributed by atoms with Crippen LogP contribution in [-0.2, 0) is 6.42 Å². The monoisotopic (exact) mass is 245 g/mol. The normalized spacial score (nSPS) is 12.4. The summed E-state index contributed by atoms with van der Waals surface area (Å²) in [5.41, 5.74) is 5.68. The molecule has 0 spiro atoms. The van der Waals surface area contributed by atoms with Gasteiger partial charge in [0.15, 0.2) is 0 Å². The summed E-state index contributed by atoms with van der Waals surface area (Å²) in [5, 5.41) is 0. The molecule has 0 fully saturated rings. The fraction of sp³-hybridized carbons (Fsp3) is 0.214. The fourth-order valence-corrected chi connectivity index (χ4v) is 1.90. The Morgan fingerprint density at radius 1 is 1.33 bits per heavy atom. The minimum absolute atomic E-state index is 0.225. The minimum Gasteiger partial charge on any atom is -0.271 e. The quantitative estimate of drug-likeness (QED) is 0.642. The summed E-state index contributed by atoms with van der Waals surface area (Å²) in [7, 11) is 0. The van der Waals surface area contributed by atoms with Crippen molar-refractivity contribution in [2.45, 2.75) is 19.4 Å². The van der Waals surface area contributed by atoms with Gasteiger partial charge in [-0.3, -0.25) is 10.8 Å². The van der Waals surface area contributed by atoms with Crippen LogP contribution in [0.2, 0.25) is 0 Å². The van der Waals surface area contributed by atoms with E-state index in [1.54, 1.807) is 6.07 Å². The number of nitrogens with two attached hydrogens (primary N) is 1. The molecule has 0 aliphatic carbocycles. The van der Waals surface area contributed by atoms with Gasteiger partial charge >= 0.3 is 0 Å². The predicted octanol–water partition coefficient (Wildman–Crippen LogP) is 2.34. The second kappa shape index (κ2) is 5.71. The summed E-state index contributed by atoms with van der Waals surface area (Å²) in [6, 6.07) is 10.9. The zero-order valence-corrected chi connectivity index (χ0v) is 10.2. The maximum absolute atomic E-state index is 12.9. The molecule has 3 N–H and O–H groups in total. The molecule has 0 amide bonds. The average Bonchev–Trinajstić information content (AvgIpc) is 2.42. The first kappa shape index (κ1) is 12.7. The maximum atomic E-state index is 12.9. The highest BCUT2D eigenvalue weighted by Crippen LogP contribution is 2.20. The molecule has 1 aromatic carbocycles. The van der Waals surface area contributed by atoms with Crippen LogP contribution >= 0.6 is 0 Å². The SMILES string of the molecule is CCc1cccc(C(NN)c2ccc(F)cn2)c1. The summed E-state index contributed by atoms with van der Waals surface area (Å²) in [5.74, 6) is 5.23. The van der Waals surface area contributed by atoms with Gasteiger partial charge < -0.3 is 0 Å². The van der Waals surface area contributed by atoms with E-state index in [0.29, 0.717) is 5.69 Å². The van der Waals surface area contributed by atoms with Crippen LogP contribution in [0.1, 0.15) is 29.8 Å². The van der Waals surface area contributed by atoms with Crippen LogP contribution in [0.25, 0.3) is 0 Å². The summed E-state index contributed by atoms with van der Waals surface area (Å²) in [4.78, 5) is 4.06. The van der Waals surface area contributed by atoms with Gasteiger partial charge in [-0.25, -0.2) is 9.82 Å². The highest BCUT2D eigenvalue weighted by atomic mass is 19.1. The first-order chi connectivity index (χ1) is 8.74. The summed E-state index contributed by atoms with van der Waals surface area (Å²) < 4.78 is 12.9. The van der Waals surface area contributed by atoms with Crippen molar-refractivity contribution in [3.63, 3.8) is 0 Å². The predicted molar refractivity (Wildman–Crippen MR) is 69.2 cm³/mol. The third kappa shape index (κ3) is 2.72. The molecular weight excluding hydrogens is 229 g/mol. The Balaban J connectivity index is 2.35. The molecule has 18 heavy (non-hydrogen) atoms. The number of benzene rings is 1. The van der Waals surface area contributed by atoms with Gasteiger partial charge in [0.2, 0.25) is 0 Å². The number of aromatic nitrogens is 1. The van der Waals surface area contributed by atoms with Crippen molar-refractivity contribution in [3.05, 3.63) is 65.2 Å². The molecule has 1 aromatic heterocycles. The van der Waals surface area contributed by atoms with Crippen molar-refractivity contribution in [1.29, 1.82) is 0 Å². The van der Waals surface area contributed by atoms with Gasteiger partial charge in [-0.2, -0.15) is 0 Å². The van der Waals surface area contributed by atoms with Crippen molar-refractivity contribution in [3.8, 4) is 0 Å². The average molecular weight is 245 g/mol. The molecule has 1 heterocycles. The van der Waals surface area contributed by atoms with Crippen LogP contribution < -0.4 is 11.3 Å². The molecule has 1 atom stereocenters. The zero-order chi connectivity index (χ0) is 13.0. The molecule has 1 unspecified atom stereocenters. The summed E-state index contributed by atoms with van der Waals surface area (Å²) in [6.45, 7) is 2.10. The van der Waals surface area contributed by atoms with Crippen molar-refractivity contribution in [2.75, 3.05) is 0 Å². The third-order valence-corrected chi connectivity index (χ3v) is 2.91. The van der Waals surface area contributed by atoms with Gasteiger partial charge in [0.25, 0.3) is 0 Å². The van der Waals surface area contributed by atoms with Crippen molar-refractivity contribution >= 4 is 0 Å². The summed E-state index contributed by atoms with van der Waals surface area (Å²) >= 11 is 0. The lowest BCUT2D eigenvalue weighted by Crippen LogP contribution is -2.29. The molecule has 0 saturated heterocycles. The third-order valence-electron chi connectivity index (χ3n) is 2.91. The van der Waals surface area contributed by atoms with Gasteiger partial charge in [-0.05, 0) is 29.7 Å². The molecule has 0 aliphatic heterocycles. The van der Waals surface area contributed by atoms with E-state index in [0.717, 1.165) is 12.0 Å². The number of nitrogens with one attached hydrogen (secondary N) is 1. The molecule has 94 valence electrons. The van der Waals surface area contributed by atoms with Crippen LogP contribution in [0.3, 0.4) is 0 Å². The number of aryl methyl sites for hydroxylation is 1. The number of hydrazine groups is 1. The number of halogens is 1. The highest BCUT2D eigenvalue weighted by Gasteiger charge is 2.13. The zero-order valence-electron chi connectivity index (χ0n) is 10.2. The lowest BCUT2D eigenvalue weighted by Gasteiger charge is -2.16. The van der Waals surface area contributed by atoms with Gasteiger partial charge in [0, 0.05) is 0 Å². The van der Waals surface area contributed by atoms with Crippen molar-refractivity contribution in [1.82, 2.24) is 10.4 Å². The first-order valence-electron chi connectivity index (χ1n) is 5.91. The first-order valence-corrected chi connectivity index (χ1v) is 5.91. The largest absolute Gasteiger partial charge is 0.271 e. The van der Waals surface area contributed by atoms with Crippen LogP contribution in [0.15, 0.2) is 42.6 Å². The topological polar surface area (TPSA) is 50.9 Å². The molecule has 0 bridgehead atoms. The Bertz CT molecular complexity index is 511. The number of nitrogens with zero attached hydrogens (tertiary/aromatic N) is 1. The standard InChI is InChI=1S/C14H16FN3/c1-2-10-4-3-5-11(8-10)14(18-16)13-7-6-12(15)9-17-13/h3-9,14,18H,2,16H2,1H3. The Kier molecular flexibility index (Phi) is 4.02. The minimum atomic E-state index is -0.350. The lowest BCUT2D eigenvalue weighted by molar-refractivity contribution is 0.596. The number of rotatable bonds is 4. The summed E-state index contributed by atoms with van der Waals surface area (Å²) in [6.07, 6.45) is 2.16. The molecule has 3 nitrogen and oxygen atoms in total. The second-order valence-corrected chi connectivity index (χ2v) is 4.10. The van der Waals surface area contributed by atoms with Crippen LogP contribution in [0.5, 0.6) is 0 Å². The molecular formula is C14H16FN3. The number of pyridine rings is 1. The Morgan fingerprint density at radius 2 is 2.17 bits per heavy atom. The Hall–Kier alpha value is -1.78. The van der Waals surface area contributed by atoms with E-state index in [-0.39, 0.29) is 11.9 Å². The molecule has 0 radical (unpaired) electrons. The van der Waals surface area contributed by atoms with E-state index in [1.165, 1.54) is 17.8 Å². The molecule has 4 heteroatoms. The van der Waals surface area contributed by atoms with Gasteiger partial charge in [0.05, 0.1) is 17.9 Å². The Labute approximate surface area is 106 Å². The van der Waals surface area contributed by atoms with E-state index in [2.05, 4.69) is 29.5 Å². The van der Waals surface area contributed by atoms with E-state index in [9.17, 15) is 4.39 Å². The van der Waals surface area contributed by atoms with Gasteiger partial charge in [0.1, 0.15) is 5.82 Å². The van der Waals surface area contributed by atoms with Crippen LogP contribution in [0, 0.1) is 5.82 Å². The highest BCUT2D eigenvalue weighted by molar-refractivity contribution is 5.31. The molecule has 0 saturated carbocycles. The second-order valence-electron chi connectivity index (χ2n) is 4.10. The van der Waals surface area contributed by atoms with Crippen LogP contribution in [0.4, 0.5) is 4.39 Å². The van der Waals surface area contributed by atoms with E-state index < -0.39 is 0 Å². The Morgan fingerprint density at radius 3 is 2.78 bits per heavy atom. The smallest absolute Gasteiger partial charge is 0.141 e. The van der Waals surface area contributed by atoms with Crippen molar-refractivity contribution in [2.24, 2.45) is 5.84 Å². The molecule has 2 aromatic rings. The van der Waals surface area contributed by atoms with Gasteiger partial charge in [-0.15, -0.1) is 0 Å². The van der Waals surface area contributed by atoms with E-state index in [4.69, 9.17) is 5.84 Å². The maximum Gasteiger partial charge on any atom is 0.141 e. The van der Waals surface area contributed by atoms with E-state index >= 15 is 0 Å². The van der Waals surface area contributed by atoms with E-state index in [1.807, 2.05) is 12.1 Å². The lowest BCUT2D eigenvalue weighted by atomic mass is 10.0. The molecule has 0 aliphatic rings. The molecule has 2 rings (SSSR count). The number of hydrogen-bond acceptors (Lipinski definition) is 3. The van der Waals surface area contributed by atoms with Crippen molar-refractivity contribution < 1.29 is 4.39 Å². The van der Waals surface area contributed by atoms with Crippen LogP contribution in [-0.4, -0.2) is 4.98 Å².